The van der Waals surface area contributed by atoms with Gasteiger partial charge >= 0.3 is 11.7 Å². The molecule has 0 aliphatic heterocycles. The van der Waals surface area contributed by atoms with E-state index >= 15 is 0 Å². The van der Waals surface area contributed by atoms with E-state index in [0.29, 0.717) is 0 Å². The van der Waals surface area contributed by atoms with Crippen molar-refractivity contribution in [3.05, 3.63) is 41.7 Å². The van der Waals surface area contributed by atoms with Crippen molar-refractivity contribution < 1.29 is 4.42 Å². The summed E-state index contributed by atoms with van der Waals surface area (Å²) in [6.07, 6.45) is 7.14. The zero-order chi connectivity index (χ0) is 14.5. The summed E-state index contributed by atoms with van der Waals surface area (Å²) in [7, 11) is 0. The molecule has 0 radical (unpaired) electrons. The van der Waals surface area contributed by atoms with Crippen LogP contribution in [0.1, 0.15) is 43.9 Å². The minimum absolute atomic E-state index is 0.773. The summed E-state index contributed by atoms with van der Waals surface area (Å²) in [5.74, 6) is 3.08. The van der Waals surface area contributed by atoms with Crippen molar-refractivity contribution >= 4 is 11.8 Å². The number of unbranched alkanes of at least 4 members (excludes halogenated alkanes) is 1. The zero-order valence-corrected chi connectivity index (χ0v) is 13.4. The highest BCUT2D eigenvalue weighted by atomic mass is 32.2. The van der Waals surface area contributed by atoms with Crippen molar-refractivity contribution in [3.8, 4) is 11.5 Å². The van der Waals surface area contributed by atoms with Crippen LogP contribution in [0.2, 0.25) is 0 Å². The first-order chi connectivity index (χ1) is 10.4. The second kappa shape index (κ2) is 7.08. The topological polar surface area (TPSA) is 24.2 Å². The first-order valence-electron chi connectivity index (χ1n) is 7.92. The van der Waals surface area contributed by atoms with E-state index in [0.717, 1.165) is 35.8 Å². The van der Waals surface area contributed by atoms with Gasteiger partial charge in [-0.05, 0) is 43.6 Å². The highest BCUT2D eigenvalue weighted by Crippen LogP contribution is 2.33. The van der Waals surface area contributed by atoms with Crippen LogP contribution in [0.25, 0.3) is 11.5 Å². The molecule has 3 rings (SSSR count). The molecule has 1 aliphatic rings. The molecule has 0 saturated carbocycles. The van der Waals surface area contributed by atoms with Crippen LogP contribution in [0, 0.1) is 0 Å². The summed E-state index contributed by atoms with van der Waals surface area (Å²) in [6, 6.07) is 10.2. The quantitative estimate of drug-likeness (QED) is 0.420. The Hall–Kier alpha value is -1.35. The molecular weight excluding hydrogens is 278 g/mol. The molecule has 0 unspecified atom stereocenters. The van der Waals surface area contributed by atoms with E-state index in [4.69, 9.17) is 9.40 Å². The summed E-state index contributed by atoms with van der Waals surface area (Å²) in [5, 5.41) is 1.20. The van der Waals surface area contributed by atoms with Gasteiger partial charge in [0.25, 0.3) is 0 Å². The van der Waals surface area contributed by atoms with E-state index < -0.39 is 0 Å². The number of hydrogen-bond donors (Lipinski definition) is 0. The highest BCUT2D eigenvalue weighted by Gasteiger charge is 2.28. The fraction of sp³-hybridized carbons (Fsp3) is 0.444. The van der Waals surface area contributed by atoms with Crippen molar-refractivity contribution in [1.29, 1.82) is 0 Å². The minimum Gasteiger partial charge on any atom is -0.192 e. The van der Waals surface area contributed by atoms with Gasteiger partial charge in [0, 0.05) is 0 Å². The van der Waals surface area contributed by atoms with Gasteiger partial charge in [0.1, 0.15) is 10.6 Å². The molecule has 1 aromatic heterocycles. The summed E-state index contributed by atoms with van der Waals surface area (Å²) in [5.41, 5.74) is 2.44. The lowest BCUT2D eigenvalue weighted by Crippen LogP contribution is -2.07. The number of aryl methyl sites for hydroxylation is 1. The number of aromatic nitrogens is 1. The van der Waals surface area contributed by atoms with Crippen molar-refractivity contribution in [2.45, 2.75) is 50.5 Å². The van der Waals surface area contributed by atoms with Gasteiger partial charge in [-0.25, -0.2) is 0 Å². The number of rotatable bonds is 5. The summed E-state index contributed by atoms with van der Waals surface area (Å²) in [6.45, 7) is 2.24. The van der Waals surface area contributed by atoms with Crippen LogP contribution in [-0.4, -0.2) is 10.7 Å². The molecule has 0 spiro atoms. The van der Waals surface area contributed by atoms with Crippen LogP contribution in [0.3, 0.4) is 0 Å². The summed E-state index contributed by atoms with van der Waals surface area (Å²) >= 11 is 1.90. The lowest BCUT2D eigenvalue weighted by molar-refractivity contribution is 0.440. The average molecular weight is 300 g/mol. The first-order valence-corrected chi connectivity index (χ1v) is 8.91. The molecule has 0 saturated heterocycles. The predicted molar refractivity (Wildman–Crippen MR) is 88.6 cm³/mol. The molecule has 1 aliphatic carbocycles. The average Bonchev–Trinajstić information content (AvgIpc) is 2.55. The van der Waals surface area contributed by atoms with E-state index in [2.05, 4.69) is 19.1 Å². The molecule has 1 heterocycles. The molecule has 110 valence electrons. The second-order valence-corrected chi connectivity index (χ2v) is 6.58. The molecule has 3 heteroatoms. The van der Waals surface area contributed by atoms with Gasteiger partial charge in [0.15, 0.2) is 0 Å². The molecule has 21 heavy (non-hydrogen) atoms. The molecule has 0 N–H and O–H groups in total. The first kappa shape index (κ1) is 14.6. The number of benzene rings is 1. The van der Waals surface area contributed by atoms with Crippen LogP contribution in [-0.2, 0) is 12.8 Å². The number of nitrogens with zero attached hydrogens (tertiary/aromatic N) is 1. The Morgan fingerprint density at radius 1 is 1.14 bits per heavy atom. The smallest absolute Gasteiger partial charge is 0.192 e. The number of fused-ring (bicyclic) bond motifs is 1. The van der Waals surface area contributed by atoms with Crippen molar-refractivity contribution in [3.63, 3.8) is 0 Å². The second-order valence-electron chi connectivity index (χ2n) is 5.50. The van der Waals surface area contributed by atoms with Crippen LogP contribution in [0.5, 0.6) is 0 Å². The van der Waals surface area contributed by atoms with Crippen LogP contribution >= 0.6 is 11.8 Å². The maximum Gasteiger partial charge on any atom is 0.460 e. The van der Waals surface area contributed by atoms with Gasteiger partial charge in [-0.1, -0.05) is 31.5 Å². The predicted octanol–water partition coefficient (Wildman–Crippen LogP) is 5.39. The molecular formula is C18H22NOS+. The zero-order valence-electron chi connectivity index (χ0n) is 12.6. The Bertz CT molecular complexity index is 598. The SMILES string of the molecule is CCCCSc1nc(-c2ccccc2)[o+]c2c1CCCC2. The Balaban J connectivity index is 1.96. The van der Waals surface area contributed by atoms with E-state index in [-0.39, 0.29) is 0 Å². The molecule has 0 atom stereocenters. The lowest BCUT2D eigenvalue weighted by atomic mass is 9.98. The Kier molecular flexibility index (Phi) is 4.91. The number of hydrogen-bond acceptors (Lipinski definition) is 2. The largest absolute Gasteiger partial charge is 0.460 e. The van der Waals surface area contributed by atoms with E-state index in [1.807, 2.05) is 30.0 Å². The number of thioether (sulfide) groups is 1. The van der Waals surface area contributed by atoms with Crippen molar-refractivity contribution in [1.82, 2.24) is 4.98 Å². The normalized spacial score (nSPS) is 14.0. The molecule has 0 fully saturated rings. The Labute approximate surface area is 131 Å². The van der Waals surface area contributed by atoms with Crippen LogP contribution in [0.15, 0.2) is 39.8 Å². The molecule has 2 aromatic rings. The third-order valence-electron chi connectivity index (χ3n) is 3.86. The molecule has 2 nitrogen and oxygen atoms in total. The maximum atomic E-state index is 6.11. The third kappa shape index (κ3) is 3.46. The molecule has 0 bridgehead atoms. The molecule has 0 amide bonds. The van der Waals surface area contributed by atoms with Crippen molar-refractivity contribution in [2.24, 2.45) is 0 Å². The standard InChI is InChI=1S/C18H22NOS/c1-2-3-13-21-18-15-11-7-8-12-16(15)20-17(19-18)14-9-5-4-6-10-14/h4-6,9-10H,2-3,7-8,11-13H2,1H3/q+1. The van der Waals surface area contributed by atoms with Gasteiger partial charge in [0.05, 0.1) is 12.0 Å². The fourth-order valence-corrected chi connectivity index (χ4v) is 3.82. The molecule has 1 aromatic carbocycles. The highest BCUT2D eigenvalue weighted by molar-refractivity contribution is 7.99. The lowest BCUT2D eigenvalue weighted by Gasteiger charge is -2.11. The monoisotopic (exact) mass is 300 g/mol. The fourth-order valence-electron chi connectivity index (χ4n) is 2.65. The summed E-state index contributed by atoms with van der Waals surface area (Å²) < 4.78 is 6.11. The van der Waals surface area contributed by atoms with Gasteiger partial charge in [0.2, 0.25) is 0 Å². The Morgan fingerprint density at radius 2 is 1.95 bits per heavy atom. The summed E-state index contributed by atoms with van der Waals surface area (Å²) in [4.78, 5) is 4.82. The van der Waals surface area contributed by atoms with Crippen molar-refractivity contribution in [2.75, 3.05) is 5.75 Å². The Morgan fingerprint density at radius 3 is 2.76 bits per heavy atom. The van der Waals surface area contributed by atoms with E-state index in [9.17, 15) is 0 Å². The van der Waals surface area contributed by atoms with Crippen LogP contribution in [0.4, 0.5) is 0 Å². The van der Waals surface area contributed by atoms with E-state index in [1.54, 1.807) is 0 Å². The van der Waals surface area contributed by atoms with Gasteiger partial charge in [-0.15, -0.1) is 16.7 Å². The van der Waals surface area contributed by atoms with Crippen LogP contribution < -0.4 is 0 Å². The van der Waals surface area contributed by atoms with Gasteiger partial charge < -0.3 is 0 Å². The van der Waals surface area contributed by atoms with Gasteiger partial charge in [-0.3, -0.25) is 0 Å². The van der Waals surface area contributed by atoms with Gasteiger partial charge in [-0.2, -0.15) is 4.42 Å². The minimum atomic E-state index is 0.773. The third-order valence-corrected chi connectivity index (χ3v) is 4.96. The maximum absolute atomic E-state index is 6.11. The van der Waals surface area contributed by atoms with E-state index in [1.165, 1.54) is 36.3 Å².